The zero-order valence-electron chi connectivity index (χ0n) is 10.8. The number of anilines is 3. The molecule has 0 atom stereocenters. The third kappa shape index (κ3) is 2.87. The molecule has 3 rings (SSSR count). The average Bonchev–Trinajstić information content (AvgIpc) is 2.73. The lowest BCUT2D eigenvalue weighted by molar-refractivity contribution is 0.585. The van der Waals surface area contributed by atoms with E-state index in [0.29, 0.717) is 5.69 Å². The van der Waals surface area contributed by atoms with Crippen molar-refractivity contribution >= 4 is 34.7 Å². The summed E-state index contributed by atoms with van der Waals surface area (Å²) >= 11 is 0. The first-order valence-corrected chi connectivity index (χ1v) is 9.28. The Hall–Kier alpha value is -2.02. The lowest BCUT2D eigenvalue weighted by atomic mass is 10.3. The average molecular weight is 324 g/mol. The normalized spacial score (nSPS) is 15.7. The molecule has 0 saturated carbocycles. The fourth-order valence-electron chi connectivity index (χ4n) is 2.00. The Kier molecular flexibility index (Phi) is 3.16. The maximum Gasteiger partial charge on any atom is 0.352 e. The summed E-state index contributed by atoms with van der Waals surface area (Å²) in [5.41, 5.74) is 2.00. The van der Waals surface area contributed by atoms with Crippen LogP contribution < -0.4 is 20.4 Å². The van der Waals surface area contributed by atoms with E-state index in [1.807, 2.05) is 24.3 Å². The van der Waals surface area contributed by atoms with E-state index < -0.39 is 17.6 Å². The topological polar surface area (TPSA) is 113 Å². The van der Waals surface area contributed by atoms with Gasteiger partial charge in [0.25, 0.3) is 0 Å². The van der Waals surface area contributed by atoms with Crippen LogP contribution in [-0.4, -0.2) is 8.42 Å². The van der Waals surface area contributed by atoms with Crippen LogP contribution in [0.4, 0.5) is 17.1 Å². The van der Waals surface area contributed by atoms with E-state index in [-0.39, 0.29) is 4.90 Å². The van der Waals surface area contributed by atoms with E-state index in [1.54, 1.807) is 0 Å². The predicted molar refractivity (Wildman–Crippen MR) is 82.7 cm³/mol. The van der Waals surface area contributed by atoms with E-state index in [9.17, 15) is 13.0 Å². The molecule has 9 heteroatoms. The molecule has 110 valence electrons. The van der Waals surface area contributed by atoms with E-state index in [2.05, 4.69) is 15.3 Å². The van der Waals surface area contributed by atoms with Crippen molar-refractivity contribution in [2.45, 2.75) is 4.90 Å². The Morgan fingerprint density at radius 2 is 1.48 bits per heavy atom. The molecule has 0 amide bonds. The van der Waals surface area contributed by atoms with Crippen LogP contribution in [0.2, 0.25) is 0 Å². The van der Waals surface area contributed by atoms with Gasteiger partial charge in [0.2, 0.25) is 10.0 Å². The lowest BCUT2D eigenvalue weighted by Gasteiger charge is -2.16. The molecule has 21 heavy (non-hydrogen) atoms. The minimum atomic E-state index is -3.73. The number of hydrogen-bond acceptors (Lipinski definition) is 3. The minimum absolute atomic E-state index is 0.00181. The summed E-state index contributed by atoms with van der Waals surface area (Å²) in [5, 5.41) is 13.7. The molecule has 0 bridgehead atoms. The number of nitrogens with two attached hydrogens (primary N) is 1. The van der Waals surface area contributed by atoms with Gasteiger partial charge in [-0.15, -0.1) is 0 Å². The molecule has 0 unspecified atom stereocenters. The van der Waals surface area contributed by atoms with Crippen molar-refractivity contribution in [1.82, 2.24) is 0 Å². The molecule has 0 saturated heterocycles. The number of para-hydroxylation sites is 2. The molecule has 0 fully saturated rings. The number of sulfonamides is 1. The fourth-order valence-corrected chi connectivity index (χ4v) is 4.27. The van der Waals surface area contributed by atoms with Crippen LogP contribution in [0.25, 0.3) is 0 Å². The van der Waals surface area contributed by atoms with Crippen LogP contribution in [0.3, 0.4) is 0 Å². The van der Waals surface area contributed by atoms with Gasteiger partial charge in [0.15, 0.2) is 0 Å². The summed E-state index contributed by atoms with van der Waals surface area (Å²) in [6, 6.07) is 13.0. The van der Waals surface area contributed by atoms with Crippen molar-refractivity contribution in [1.29, 1.82) is 0 Å². The standard InChI is InChI=1S/C12H13N4O3PS/c13-21(18,19)10-7-5-9(6-8-10)14-20(17)15-11-3-1-2-4-12(11)16-20/h1-8H,(H2,13,18,19)(H3,14,15,16,17). The summed E-state index contributed by atoms with van der Waals surface area (Å²) in [7, 11) is -6.79. The van der Waals surface area contributed by atoms with Crippen LogP contribution in [0, 0.1) is 0 Å². The van der Waals surface area contributed by atoms with Gasteiger partial charge in [0.1, 0.15) is 0 Å². The number of primary sulfonamides is 1. The zero-order chi connectivity index (χ0) is 15.1. The molecule has 5 N–H and O–H groups in total. The molecule has 1 heterocycles. The number of rotatable bonds is 3. The molecular formula is C12H13N4O3PS. The Bertz CT molecular complexity index is 807. The third-order valence-corrected chi connectivity index (χ3v) is 5.57. The minimum Gasteiger partial charge on any atom is -0.304 e. The van der Waals surface area contributed by atoms with E-state index in [1.165, 1.54) is 24.3 Å². The number of nitrogens with one attached hydrogen (secondary N) is 3. The molecule has 0 aromatic heterocycles. The van der Waals surface area contributed by atoms with Crippen LogP contribution in [-0.2, 0) is 14.6 Å². The maximum atomic E-state index is 12.6. The monoisotopic (exact) mass is 324 g/mol. The van der Waals surface area contributed by atoms with Gasteiger partial charge in [0, 0.05) is 5.69 Å². The van der Waals surface area contributed by atoms with Crippen LogP contribution in [0.15, 0.2) is 53.4 Å². The summed E-state index contributed by atoms with van der Waals surface area (Å²) < 4.78 is 35.0. The van der Waals surface area contributed by atoms with E-state index >= 15 is 0 Å². The second-order valence-corrected chi connectivity index (χ2v) is 8.01. The summed E-state index contributed by atoms with van der Waals surface area (Å²) in [4.78, 5) is 0.00181. The lowest BCUT2D eigenvalue weighted by Crippen LogP contribution is -2.12. The quantitative estimate of drug-likeness (QED) is 0.645. The first-order chi connectivity index (χ1) is 9.86. The second kappa shape index (κ2) is 4.77. The summed E-state index contributed by atoms with van der Waals surface area (Å²) in [6.45, 7) is 0. The molecule has 1 aliphatic heterocycles. The molecule has 2 aromatic rings. The number of fused-ring (bicyclic) bond motifs is 1. The van der Waals surface area contributed by atoms with Crippen LogP contribution in [0.5, 0.6) is 0 Å². The number of benzene rings is 2. The Morgan fingerprint density at radius 1 is 0.952 bits per heavy atom. The van der Waals surface area contributed by atoms with Gasteiger partial charge in [-0.3, -0.25) is 4.57 Å². The second-order valence-electron chi connectivity index (χ2n) is 4.56. The Balaban J connectivity index is 1.81. The molecule has 1 aliphatic rings. The first-order valence-electron chi connectivity index (χ1n) is 6.03. The highest BCUT2D eigenvalue weighted by atomic mass is 32.2. The molecule has 0 radical (unpaired) electrons. The van der Waals surface area contributed by atoms with Crippen molar-refractivity contribution in [3.05, 3.63) is 48.5 Å². The summed E-state index contributed by atoms with van der Waals surface area (Å²) in [6.07, 6.45) is 0. The van der Waals surface area contributed by atoms with Gasteiger partial charge >= 0.3 is 7.59 Å². The van der Waals surface area contributed by atoms with Crippen molar-refractivity contribution in [2.24, 2.45) is 5.14 Å². The van der Waals surface area contributed by atoms with Gasteiger partial charge in [-0.2, -0.15) is 0 Å². The Morgan fingerprint density at radius 3 is 1.95 bits per heavy atom. The van der Waals surface area contributed by atoms with Crippen LogP contribution >= 0.6 is 7.59 Å². The number of hydrogen-bond donors (Lipinski definition) is 4. The van der Waals surface area contributed by atoms with Crippen molar-refractivity contribution in [2.75, 3.05) is 15.3 Å². The molecule has 0 aliphatic carbocycles. The van der Waals surface area contributed by atoms with Gasteiger partial charge in [-0.05, 0) is 36.4 Å². The van der Waals surface area contributed by atoms with E-state index in [4.69, 9.17) is 5.14 Å². The first kappa shape index (κ1) is 13.9. The van der Waals surface area contributed by atoms with Crippen molar-refractivity contribution in [3.63, 3.8) is 0 Å². The van der Waals surface area contributed by atoms with Gasteiger partial charge in [-0.1, -0.05) is 12.1 Å². The fraction of sp³-hybridized carbons (Fsp3) is 0. The van der Waals surface area contributed by atoms with Gasteiger partial charge in [0.05, 0.1) is 16.3 Å². The maximum absolute atomic E-state index is 12.6. The van der Waals surface area contributed by atoms with Crippen LogP contribution in [0.1, 0.15) is 0 Å². The van der Waals surface area contributed by atoms with Gasteiger partial charge < -0.3 is 15.3 Å². The van der Waals surface area contributed by atoms with E-state index in [0.717, 1.165) is 11.4 Å². The zero-order valence-corrected chi connectivity index (χ0v) is 12.5. The van der Waals surface area contributed by atoms with Gasteiger partial charge in [-0.25, -0.2) is 13.6 Å². The van der Waals surface area contributed by atoms with Crippen molar-refractivity contribution < 1.29 is 13.0 Å². The smallest absolute Gasteiger partial charge is 0.304 e. The predicted octanol–water partition coefficient (Wildman–Crippen LogP) is 2.39. The highest BCUT2D eigenvalue weighted by Crippen LogP contribution is 2.53. The molecule has 0 spiro atoms. The SMILES string of the molecule is NS(=O)(=O)c1ccc(NP2(=O)Nc3ccccc3N2)cc1. The van der Waals surface area contributed by atoms with Crippen molar-refractivity contribution in [3.8, 4) is 0 Å². The molecule has 2 aromatic carbocycles. The highest BCUT2D eigenvalue weighted by molar-refractivity contribution is 7.89. The summed E-state index contributed by atoms with van der Waals surface area (Å²) in [5.74, 6) is 0. The Labute approximate surface area is 122 Å². The molecule has 7 nitrogen and oxygen atoms in total. The largest absolute Gasteiger partial charge is 0.352 e. The molecular weight excluding hydrogens is 311 g/mol. The third-order valence-electron chi connectivity index (χ3n) is 2.95. The highest BCUT2D eigenvalue weighted by Gasteiger charge is 2.30.